The number of nitrogens with two attached hydrogens (primary N) is 1. The van der Waals surface area contributed by atoms with Gasteiger partial charge >= 0.3 is 0 Å². The van der Waals surface area contributed by atoms with Crippen LogP contribution >= 0.6 is 11.8 Å². The first-order chi connectivity index (χ1) is 8.74. The number of hydrogen-bond acceptors (Lipinski definition) is 6. The van der Waals surface area contributed by atoms with Crippen molar-refractivity contribution >= 4 is 17.4 Å². The van der Waals surface area contributed by atoms with Gasteiger partial charge in [0, 0.05) is 29.8 Å². The Kier molecular flexibility index (Phi) is 2.75. The molecule has 0 bridgehead atoms. The first-order valence-electron chi connectivity index (χ1n) is 5.45. The first-order valence-corrected chi connectivity index (χ1v) is 6.26. The van der Waals surface area contributed by atoms with Crippen LogP contribution in [0.25, 0.3) is 0 Å². The number of anilines is 1. The maximum Gasteiger partial charge on any atom is 0.195 e. The zero-order valence-corrected chi connectivity index (χ0v) is 10.6. The molecular weight excluding hydrogens is 252 g/mol. The van der Waals surface area contributed by atoms with Crippen molar-refractivity contribution in [3.63, 3.8) is 0 Å². The monoisotopic (exact) mass is 264 g/mol. The van der Waals surface area contributed by atoms with Crippen LogP contribution in [0.1, 0.15) is 0 Å². The molecule has 7 heteroatoms. The minimum Gasteiger partial charge on any atom is -0.486 e. The molecule has 1 aromatic heterocycles. The molecule has 2 N–H and O–H groups in total. The Labute approximate surface area is 108 Å². The summed E-state index contributed by atoms with van der Waals surface area (Å²) < 4.78 is 12.8. The molecular formula is C11H12N4O2S. The predicted octanol–water partition coefficient (Wildman–Crippen LogP) is 1.32. The Morgan fingerprint density at radius 3 is 2.67 bits per heavy atom. The van der Waals surface area contributed by atoms with Crippen LogP contribution in [0.5, 0.6) is 11.5 Å². The average molecular weight is 264 g/mol. The van der Waals surface area contributed by atoms with E-state index >= 15 is 0 Å². The lowest BCUT2D eigenvalue weighted by atomic mass is 10.2. The normalized spacial score (nSPS) is 13.6. The highest BCUT2D eigenvalue weighted by atomic mass is 32.2. The second-order valence-corrected chi connectivity index (χ2v) is 4.87. The Morgan fingerprint density at radius 2 is 2.00 bits per heavy atom. The van der Waals surface area contributed by atoms with Gasteiger partial charge < -0.3 is 19.8 Å². The molecule has 0 fully saturated rings. The number of nitrogen functional groups attached to an aromatic ring is 1. The highest BCUT2D eigenvalue weighted by Crippen LogP contribution is 2.40. The quantitative estimate of drug-likeness (QED) is 0.824. The Morgan fingerprint density at radius 1 is 1.28 bits per heavy atom. The van der Waals surface area contributed by atoms with E-state index in [4.69, 9.17) is 15.2 Å². The molecule has 0 aliphatic carbocycles. The lowest BCUT2D eigenvalue weighted by molar-refractivity contribution is 0.171. The van der Waals surface area contributed by atoms with Crippen LogP contribution in [0.3, 0.4) is 0 Å². The molecule has 0 atom stereocenters. The highest BCUT2D eigenvalue weighted by Gasteiger charge is 2.16. The molecule has 0 unspecified atom stereocenters. The van der Waals surface area contributed by atoms with E-state index in [2.05, 4.69) is 10.2 Å². The number of nitrogens with zero attached hydrogens (tertiary/aromatic N) is 3. The molecule has 0 amide bonds. The van der Waals surface area contributed by atoms with Crippen LogP contribution in [0.15, 0.2) is 28.5 Å². The zero-order chi connectivity index (χ0) is 12.5. The van der Waals surface area contributed by atoms with E-state index < -0.39 is 0 Å². The largest absolute Gasteiger partial charge is 0.486 e. The van der Waals surface area contributed by atoms with Gasteiger partial charge in [-0.25, -0.2) is 0 Å². The van der Waals surface area contributed by atoms with E-state index in [9.17, 15) is 0 Å². The molecule has 0 saturated carbocycles. The molecule has 2 aromatic rings. The minimum absolute atomic E-state index is 0.558. The molecule has 6 nitrogen and oxygen atoms in total. The summed E-state index contributed by atoms with van der Waals surface area (Å²) in [6.07, 6.45) is 1.65. The Bertz CT molecular complexity index is 584. The summed E-state index contributed by atoms with van der Waals surface area (Å²) in [5, 5.41) is 8.62. The van der Waals surface area contributed by atoms with Crippen LogP contribution in [0, 0.1) is 0 Å². The van der Waals surface area contributed by atoms with Gasteiger partial charge in [0.25, 0.3) is 0 Å². The van der Waals surface area contributed by atoms with Crippen molar-refractivity contribution in [3.8, 4) is 11.5 Å². The van der Waals surface area contributed by atoms with Gasteiger partial charge in [0.2, 0.25) is 0 Å². The van der Waals surface area contributed by atoms with Crippen molar-refractivity contribution in [2.24, 2.45) is 7.05 Å². The van der Waals surface area contributed by atoms with Crippen LogP contribution in [0.2, 0.25) is 0 Å². The van der Waals surface area contributed by atoms with E-state index in [0.29, 0.717) is 24.7 Å². The van der Waals surface area contributed by atoms with Crippen LogP contribution < -0.4 is 15.2 Å². The van der Waals surface area contributed by atoms with E-state index in [1.165, 1.54) is 11.8 Å². The van der Waals surface area contributed by atoms with Gasteiger partial charge in [0.1, 0.15) is 19.5 Å². The topological polar surface area (TPSA) is 75.2 Å². The van der Waals surface area contributed by atoms with Crippen LogP contribution in [0.4, 0.5) is 5.69 Å². The third kappa shape index (κ3) is 1.97. The second-order valence-electron chi connectivity index (χ2n) is 3.86. The van der Waals surface area contributed by atoms with Gasteiger partial charge in [0.15, 0.2) is 16.7 Å². The zero-order valence-electron chi connectivity index (χ0n) is 9.79. The summed E-state index contributed by atoms with van der Waals surface area (Å²) in [7, 11) is 1.89. The minimum atomic E-state index is 0.558. The summed E-state index contributed by atoms with van der Waals surface area (Å²) in [4.78, 5) is 0.885. The summed E-state index contributed by atoms with van der Waals surface area (Å²) in [5.41, 5.74) is 6.64. The number of aryl methyl sites for hydroxylation is 1. The van der Waals surface area contributed by atoms with Crippen molar-refractivity contribution in [3.05, 3.63) is 18.5 Å². The van der Waals surface area contributed by atoms with Crippen molar-refractivity contribution in [2.75, 3.05) is 18.9 Å². The molecule has 3 rings (SSSR count). The molecule has 0 spiro atoms. The number of aromatic nitrogens is 3. The molecule has 0 saturated heterocycles. The van der Waals surface area contributed by atoms with E-state index in [1.807, 2.05) is 17.7 Å². The number of benzene rings is 1. The van der Waals surface area contributed by atoms with Crippen LogP contribution in [-0.4, -0.2) is 28.0 Å². The van der Waals surface area contributed by atoms with E-state index in [1.54, 1.807) is 12.4 Å². The van der Waals surface area contributed by atoms with E-state index in [-0.39, 0.29) is 0 Å². The van der Waals surface area contributed by atoms with Crippen molar-refractivity contribution in [1.82, 2.24) is 14.8 Å². The average Bonchev–Trinajstić information content (AvgIpc) is 2.76. The standard InChI is InChI=1S/C11H12N4O2S/c1-15-6-13-14-11(15)18-10-5-9-8(4-7(10)12)16-2-3-17-9/h4-6H,2-3,12H2,1H3. The molecule has 1 aromatic carbocycles. The number of rotatable bonds is 2. The Hall–Kier alpha value is -1.89. The first kappa shape index (κ1) is 11.2. The summed E-state index contributed by atoms with van der Waals surface area (Å²) in [6.45, 7) is 1.12. The van der Waals surface area contributed by atoms with Crippen molar-refractivity contribution < 1.29 is 9.47 Å². The highest BCUT2D eigenvalue weighted by molar-refractivity contribution is 7.99. The van der Waals surface area contributed by atoms with Gasteiger partial charge in [-0.05, 0) is 11.8 Å². The number of fused-ring (bicyclic) bond motifs is 1. The molecule has 94 valence electrons. The number of hydrogen-bond donors (Lipinski definition) is 1. The van der Waals surface area contributed by atoms with Gasteiger partial charge in [-0.15, -0.1) is 10.2 Å². The maximum atomic E-state index is 6.00. The van der Waals surface area contributed by atoms with E-state index in [0.717, 1.165) is 15.8 Å². The smallest absolute Gasteiger partial charge is 0.195 e. The summed E-state index contributed by atoms with van der Waals surface area (Å²) in [5.74, 6) is 1.42. The third-order valence-corrected chi connectivity index (χ3v) is 3.67. The fourth-order valence-electron chi connectivity index (χ4n) is 1.64. The second kappa shape index (κ2) is 4.41. The lowest BCUT2D eigenvalue weighted by Crippen LogP contribution is -2.15. The fraction of sp³-hybridized carbons (Fsp3) is 0.273. The number of ether oxygens (including phenoxy) is 2. The fourth-order valence-corrected chi connectivity index (χ4v) is 2.46. The summed E-state index contributed by atoms with van der Waals surface area (Å²) in [6, 6.07) is 3.66. The maximum absolute atomic E-state index is 6.00. The molecule has 18 heavy (non-hydrogen) atoms. The SMILES string of the molecule is Cn1cnnc1Sc1cc2c(cc1N)OCCO2. The lowest BCUT2D eigenvalue weighted by Gasteiger charge is -2.19. The van der Waals surface area contributed by atoms with Crippen LogP contribution in [-0.2, 0) is 7.05 Å². The molecule has 0 radical (unpaired) electrons. The molecule has 2 heterocycles. The van der Waals surface area contributed by atoms with Gasteiger partial charge in [0.05, 0.1) is 0 Å². The van der Waals surface area contributed by atoms with Crippen molar-refractivity contribution in [1.29, 1.82) is 0 Å². The van der Waals surface area contributed by atoms with Gasteiger partial charge in [-0.1, -0.05) is 0 Å². The van der Waals surface area contributed by atoms with Gasteiger partial charge in [-0.2, -0.15) is 0 Å². The third-order valence-electron chi connectivity index (χ3n) is 2.55. The summed E-state index contributed by atoms with van der Waals surface area (Å²) >= 11 is 1.45. The predicted molar refractivity (Wildman–Crippen MR) is 67.0 cm³/mol. The molecule has 1 aliphatic rings. The van der Waals surface area contributed by atoms with Crippen molar-refractivity contribution in [2.45, 2.75) is 10.1 Å². The Balaban J connectivity index is 1.95. The molecule has 1 aliphatic heterocycles. The van der Waals surface area contributed by atoms with Gasteiger partial charge in [-0.3, -0.25) is 0 Å².